The van der Waals surface area contributed by atoms with E-state index in [1.807, 2.05) is 17.5 Å². The van der Waals surface area contributed by atoms with Crippen molar-refractivity contribution >= 4 is 49.6 Å². The van der Waals surface area contributed by atoms with E-state index in [4.69, 9.17) is 0 Å². The molecule has 0 spiro atoms. The van der Waals surface area contributed by atoms with E-state index >= 15 is 0 Å². The van der Waals surface area contributed by atoms with Gasteiger partial charge in [0, 0.05) is 6.54 Å². The molecule has 2 aromatic heterocycles. The SMILES string of the molecule is O=C1c2ccccc2C(=O)N1CCc1ccc(S(=O)(=O)Nc2nnc(-c3cccs3)s2)cc1. The Kier molecular flexibility index (Phi) is 5.52. The Morgan fingerprint density at radius 1 is 0.879 bits per heavy atom. The summed E-state index contributed by atoms with van der Waals surface area (Å²) in [6, 6.07) is 16.8. The van der Waals surface area contributed by atoms with Crippen LogP contribution in [0.2, 0.25) is 0 Å². The fraction of sp³-hybridized carbons (Fsp3) is 0.0909. The van der Waals surface area contributed by atoms with Crippen LogP contribution < -0.4 is 4.72 Å². The molecular weight excluding hydrogens is 480 g/mol. The summed E-state index contributed by atoms with van der Waals surface area (Å²) in [6.07, 6.45) is 0.416. The Morgan fingerprint density at radius 3 is 2.21 bits per heavy atom. The molecule has 2 aromatic carbocycles. The summed E-state index contributed by atoms with van der Waals surface area (Å²) in [7, 11) is -3.83. The van der Waals surface area contributed by atoms with Gasteiger partial charge in [0.1, 0.15) is 0 Å². The van der Waals surface area contributed by atoms with E-state index in [0.29, 0.717) is 22.6 Å². The summed E-state index contributed by atoms with van der Waals surface area (Å²) in [5.74, 6) is -0.615. The number of nitrogens with zero attached hydrogens (tertiary/aromatic N) is 3. The molecule has 0 saturated heterocycles. The zero-order valence-electron chi connectivity index (χ0n) is 17.0. The van der Waals surface area contributed by atoms with Crippen molar-refractivity contribution in [3.05, 3.63) is 82.7 Å². The smallest absolute Gasteiger partial charge is 0.263 e. The number of sulfonamides is 1. The van der Waals surface area contributed by atoms with Gasteiger partial charge in [-0.15, -0.1) is 21.5 Å². The highest BCUT2D eigenvalue weighted by atomic mass is 32.2. The molecule has 0 aliphatic carbocycles. The van der Waals surface area contributed by atoms with Crippen molar-refractivity contribution in [2.24, 2.45) is 0 Å². The molecule has 11 heteroatoms. The number of hydrogen-bond donors (Lipinski definition) is 1. The molecule has 1 aliphatic rings. The number of imide groups is 1. The van der Waals surface area contributed by atoms with Crippen LogP contribution in [-0.2, 0) is 16.4 Å². The maximum Gasteiger partial charge on any atom is 0.263 e. The Labute approximate surface area is 197 Å². The minimum atomic E-state index is -3.83. The fourth-order valence-electron chi connectivity index (χ4n) is 3.46. The normalized spacial score (nSPS) is 13.4. The van der Waals surface area contributed by atoms with Crippen molar-refractivity contribution in [3.63, 3.8) is 0 Å². The lowest BCUT2D eigenvalue weighted by atomic mass is 10.1. The molecule has 0 atom stereocenters. The molecule has 4 aromatic rings. The number of fused-ring (bicyclic) bond motifs is 1. The summed E-state index contributed by atoms with van der Waals surface area (Å²) in [5, 5.41) is 10.7. The molecule has 0 fully saturated rings. The third-order valence-electron chi connectivity index (χ3n) is 5.11. The fourth-order valence-corrected chi connectivity index (χ4v) is 6.22. The van der Waals surface area contributed by atoms with E-state index in [2.05, 4.69) is 14.9 Å². The van der Waals surface area contributed by atoms with Crippen molar-refractivity contribution in [2.75, 3.05) is 11.3 Å². The molecule has 0 saturated carbocycles. The highest BCUT2D eigenvalue weighted by Crippen LogP contribution is 2.30. The maximum atomic E-state index is 12.7. The number of nitrogens with one attached hydrogen (secondary N) is 1. The van der Waals surface area contributed by atoms with Crippen LogP contribution in [0.3, 0.4) is 0 Å². The Bertz CT molecular complexity index is 1410. The van der Waals surface area contributed by atoms with Gasteiger partial charge >= 0.3 is 0 Å². The van der Waals surface area contributed by atoms with Crippen molar-refractivity contribution in [1.82, 2.24) is 15.1 Å². The van der Waals surface area contributed by atoms with Gasteiger partial charge in [0.2, 0.25) is 5.13 Å². The maximum absolute atomic E-state index is 12.7. The molecule has 1 N–H and O–H groups in total. The van der Waals surface area contributed by atoms with E-state index < -0.39 is 10.0 Å². The molecular formula is C22H16N4O4S3. The zero-order valence-corrected chi connectivity index (χ0v) is 19.4. The van der Waals surface area contributed by atoms with E-state index in [1.165, 1.54) is 28.4 Å². The Hall–Kier alpha value is -3.41. The number of benzene rings is 2. The number of thiophene rings is 1. The van der Waals surface area contributed by atoms with Crippen molar-refractivity contribution in [3.8, 4) is 9.88 Å². The van der Waals surface area contributed by atoms with Crippen LogP contribution in [0, 0.1) is 0 Å². The number of aromatic nitrogens is 2. The third-order valence-corrected chi connectivity index (χ3v) is 8.48. The summed E-state index contributed by atoms with van der Waals surface area (Å²) >= 11 is 2.66. The number of hydrogen-bond acceptors (Lipinski definition) is 8. The predicted molar refractivity (Wildman–Crippen MR) is 126 cm³/mol. The molecule has 1 aliphatic heterocycles. The van der Waals surface area contributed by atoms with Crippen LogP contribution in [0.25, 0.3) is 9.88 Å². The van der Waals surface area contributed by atoms with Crippen molar-refractivity contribution < 1.29 is 18.0 Å². The van der Waals surface area contributed by atoms with Gasteiger partial charge in [0.25, 0.3) is 21.8 Å². The molecule has 5 rings (SSSR count). The Morgan fingerprint density at radius 2 is 1.58 bits per heavy atom. The average molecular weight is 497 g/mol. The highest BCUT2D eigenvalue weighted by molar-refractivity contribution is 7.93. The first-order valence-corrected chi connectivity index (χ1v) is 13.0. The van der Waals surface area contributed by atoms with E-state index in [9.17, 15) is 18.0 Å². The monoisotopic (exact) mass is 496 g/mol. The van der Waals surface area contributed by atoms with E-state index in [-0.39, 0.29) is 28.4 Å². The van der Waals surface area contributed by atoms with Gasteiger partial charge in [-0.25, -0.2) is 8.42 Å². The van der Waals surface area contributed by atoms with Gasteiger partial charge in [0.05, 0.1) is 20.9 Å². The molecule has 0 radical (unpaired) electrons. The average Bonchev–Trinajstić information content (AvgIpc) is 3.55. The van der Waals surface area contributed by atoms with Gasteiger partial charge in [-0.3, -0.25) is 19.2 Å². The van der Waals surface area contributed by atoms with Gasteiger partial charge in [-0.2, -0.15) is 0 Å². The number of carbonyl (C=O) groups is 2. The lowest BCUT2D eigenvalue weighted by Crippen LogP contribution is -2.31. The van der Waals surface area contributed by atoms with Crippen molar-refractivity contribution in [2.45, 2.75) is 11.3 Å². The first-order chi connectivity index (χ1) is 15.9. The van der Waals surface area contributed by atoms with Crippen molar-refractivity contribution in [1.29, 1.82) is 0 Å². The van der Waals surface area contributed by atoms with Crippen LogP contribution in [0.5, 0.6) is 0 Å². The van der Waals surface area contributed by atoms with E-state index in [0.717, 1.165) is 21.8 Å². The second kappa shape index (κ2) is 8.50. The number of anilines is 1. The molecule has 0 bridgehead atoms. The molecule has 166 valence electrons. The van der Waals surface area contributed by atoms with E-state index in [1.54, 1.807) is 36.4 Å². The minimum absolute atomic E-state index is 0.0832. The summed E-state index contributed by atoms with van der Waals surface area (Å²) in [6.45, 7) is 0.215. The van der Waals surface area contributed by atoms with Gasteiger partial charge < -0.3 is 0 Å². The molecule has 33 heavy (non-hydrogen) atoms. The Balaban J connectivity index is 1.24. The third kappa shape index (κ3) is 4.17. The molecule has 2 amide bonds. The standard InChI is InChI=1S/C22H16N4O4S3/c27-20-16-4-1-2-5-17(16)21(28)26(20)12-11-14-7-9-15(10-8-14)33(29,30)25-22-24-23-19(32-22)18-6-3-13-31-18/h1-10,13H,11-12H2,(H,24,25). The topological polar surface area (TPSA) is 109 Å². The number of amides is 2. The lowest BCUT2D eigenvalue weighted by molar-refractivity contribution is 0.0656. The molecule has 3 heterocycles. The molecule has 0 unspecified atom stereocenters. The van der Waals surface area contributed by atoms with Crippen LogP contribution in [-0.4, -0.2) is 41.9 Å². The van der Waals surface area contributed by atoms with Crippen LogP contribution in [0.4, 0.5) is 5.13 Å². The van der Waals surface area contributed by atoms with Gasteiger partial charge in [0.15, 0.2) is 5.01 Å². The summed E-state index contributed by atoms with van der Waals surface area (Å²) in [5.41, 5.74) is 1.63. The van der Waals surface area contributed by atoms with Gasteiger partial charge in [-0.1, -0.05) is 41.7 Å². The highest BCUT2D eigenvalue weighted by Gasteiger charge is 2.34. The van der Waals surface area contributed by atoms with Crippen LogP contribution in [0.15, 0.2) is 70.9 Å². The first-order valence-electron chi connectivity index (χ1n) is 9.87. The predicted octanol–water partition coefficient (Wildman–Crippen LogP) is 3.91. The minimum Gasteiger partial charge on any atom is -0.274 e. The van der Waals surface area contributed by atoms with Gasteiger partial charge in [-0.05, 0) is 47.7 Å². The summed E-state index contributed by atoms with van der Waals surface area (Å²) in [4.78, 5) is 27.2. The zero-order chi connectivity index (χ0) is 23.0. The quantitative estimate of drug-likeness (QED) is 0.389. The second-order valence-corrected chi connectivity index (χ2v) is 10.8. The number of carbonyl (C=O) groups excluding carboxylic acids is 2. The lowest BCUT2D eigenvalue weighted by Gasteiger charge is -2.14. The summed E-state index contributed by atoms with van der Waals surface area (Å²) < 4.78 is 27.9. The van der Waals surface area contributed by atoms with Crippen LogP contribution >= 0.6 is 22.7 Å². The van der Waals surface area contributed by atoms with Crippen LogP contribution in [0.1, 0.15) is 26.3 Å². The largest absolute Gasteiger partial charge is 0.274 e. The second-order valence-electron chi connectivity index (χ2n) is 7.20. The molecule has 8 nitrogen and oxygen atoms in total. The number of rotatable bonds is 7. The first kappa shape index (κ1) is 21.4.